The Balaban J connectivity index is 2.14. The summed E-state index contributed by atoms with van der Waals surface area (Å²) in [6, 6.07) is 7.25. The number of hydrogen-bond acceptors (Lipinski definition) is 6. The van der Waals surface area contributed by atoms with E-state index in [1.165, 1.54) is 23.3 Å². The van der Waals surface area contributed by atoms with Gasteiger partial charge in [0.2, 0.25) is 0 Å². The Morgan fingerprint density at radius 2 is 2.30 bits per heavy atom. The molecule has 4 nitrogen and oxygen atoms in total. The van der Waals surface area contributed by atoms with Crippen LogP contribution in [0, 0.1) is 11.3 Å². The number of thioether (sulfide) groups is 1. The van der Waals surface area contributed by atoms with E-state index in [1.807, 2.05) is 6.26 Å². The number of aromatic nitrogens is 1. The van der Waals surface area contributed by atoms with Crippen molar-refractivity contribution >= 4 is 57.7 Å². The van der Waals surface area contributed by atoms with E-state index in [1.54, 1.807) is 24.4 Å². The fourth-order valence-electron chi connectivity index (χ4n) is 1.36. The van der Waals surface area contributed by atoms with Crippen LogP contribution >= 0.6 is 46.5 Å². The van der Waals surface area contributed by atoms with E-state index in [4.69, 9.17) is 28.5 Å². The Labute approximate surface area is 134 Å². The van der Waals surface area contributed by atoms with Gasteiger partial charge in [-0.25, -0.2) is 0 Å². The molecule has 0 spiro atoms. The lowest BCUT2D eigenvalue weighted by Crippen LogP contribution is -1.91. The average molecular weight is 343 g/mol. The van der Waals surface area contributed by atoms with Gasteiger partial charge in [0.05, 0.1) is 11.2 Å². The minimum absolute atomic E-state index is 0.502. The number of nitriles is 1. The van der Waals surface area contributed by atoms with Crippen LogP contribution in [0.3, 0.4) is 0 Å². The van der Waals surface area contributed by atoms with Gasteiger partial charge in [-0.15, -0.1) is 11.8 Å². The lowest BCUT2D eigenvalue weighted by Gasteiger charge is -1.99. The number of hydrogen-bond donors (Lipinski definition) is 1. The highest BCUT2D eigenvalue weighted by Crippen LogP contribution is 2.29. The summed E-state index contributed by atoms with van der Waals surface area (Å²) in [5, 5.41) is 15.5. The first-order chi connectivity index (χ1) is 9.65. The van der Waals surface area contributed by atoms with Crippen LogP contribution < -0.4 is 5.43 Å². The van der Waals surface area contributed by atoms with Crippen LogP contribution in [0.15, 0.2) is 28.3 Å². The fourth-order valence-corrected chi connectivity index (χ4v) is 3.23. The van der Waals surface area contributed by atoms with Crippen molar-refractivity contribution in [3.63, 3.8) is 0 Å². The Bertz CT molecular complexity index is 691. The number of nitrogens with one attached hydrogen (secondary N) is 1. The van der Waals surface area contributed by atoms with Crippen LogP contribution in [0.1, 0.15) is 11.1 Å². The quantitative estimate of drug-likeness (QED) is 0.505. The molecule has 1 aromatic carbocycles. The van der Waals surface area contributed by atoms with Gasteiger partial charge in [0.15, 0.2) is 0 Å². The minimum Gasteiger partial charge on any atom is -0.266 e. The molecular weight excluding hydrogens is 335 g/mol. The van der Waals surface area contributed by atoms with E-state index >= 15 is 0 Å². The van der Waals surface area contributed by atoms with Crippen LogP contribution in [0.25, 0.3) is 0 Å². The molecule has 8 heteroatoms. The maximum Gasteiger partial charge on any atom is 0.148 e. The second-order valence-corrected chi connectivity index (χ2v) is 5.96. The third-order valence-electron chi connectivity index (χ3n) is 2.30. The zero-order valence-corrected chi connectivity index (χ0v) is 13.4. The van der Waals surface area contributed by atoms with Gasteiger partial charge in [-0.3, -0.25) is 5.43 Å². The van der Waals surface area contributed by atoms with E-state index in [2.05, 4.69) is 21.0 Å². The van der Waals surface area contributed by atoms with Crippen molar-refractivity contribution in [2.24, 2.45) is 5.10 Å². The minimum atomic E-state index is 0.502. The van der Waals surface area contributed by atoms with E-state index in [-0.39, 0.29) is 0 Å². The molecule has 20 heavy (non-hydrogen) atoms. The standard InChI is InChI=1S/C12H8Cl2N4S2/c1-19-12-9(5-15)11(20-18-12)17-16-6-7-2-3-8(13)4-10(7)14/h2-4,6,17H,1H3/b16-6-. The molecule has 2 rings (SSSR count). The average Bonchev–Trinajstić information content (AvgIpc) is 2.83. The van der Waals surface area contributed by atoms with E-state index in [9.17, 15) is 0 Å². The number of halogens is 2. The third-order valence-corrected chi connectivity index (χ3v) is 4.41. The first-order valence-corrected chi connectivity index (χ1v) is 8.09. The van der Waals surface area contributed by atoms with Crippen molar-refractivity contribution in [2.75, 3.05) is 11.7 Å². The zero-order valence-electron chi connectivity index (χ0n) is 10.2. The Kier molecular flexibility index (Phi) is 5.26. The SMILES string of the molecule is CSc1nsc(N/N=C\c2ccc(Cl)cc2Cl)c1C#N. The predicted molar refractivity (Wildman–Crippen MR) is 86.3 cm³/mol. The molecule has 0 aliphatic carbocycles. The lowest BCUT2D eigenvalue weighted by molar-refractivity contribution is 1.25. The molecular formula is C12H8Cl2N4S2. The summed E-state index contributed by atoms with van der Waals surface area (Å²) in [6.45, 7) is 0. The molecule has 0 fully saturated rings. The fraction of sp³-hybridized carbons (Fsp3) is 0.0833. The number of rotatable bonds is 4. The van der Waals surface area contributed by atoms with Gasteiger partial charge in [-0.2, -0.15) is 14.7 Å². The largest absolute Gasteiger partial charge is 0.266 e. The smallest absolute Gasteiger partial charge is 0.148 e. The molecule has 0 unspecified atom stereocenters. The van der Waals surface area contributed by atoms with Crippen molar-refractivity contribution in [3.05, 3.63) is 39.4 Å². The Morgan fingerprint density at radius 1 is 1.50 bits per heavy atom. The van der Waals surface area contributed by atoms with Crippen LogP contribution in [0.2, 0.25) is 10.0 Å². The van der Waals surface area contributed by atoms with Crippen molar-refractivity contribution < 1.29 is 0 Å². The maximum absolute atomic E-state index is 9.09. The highest BCUT2D eigenvalue weighted by atomic mass is 35.5. The summed E-state index contributed by atoms with van der Waals surface area (Å²) in [6.07, 6.45) is 3.44. The summed E-state index contributed by atoms with van der Waals surface area (Å²) in [5.41, 5.74) is 4.04. The number of anilines is 1. The molecule has 1 N–H and O–H groups in total. The Hall–Kier alpha value is -1.26. The molecule has 1 aromatic heterocycles. The second-order valence-electron chi connectivity index (χ2n) is 3.54. The van der Waals surface area contributed by atoms with Gasteiger partial charge < -0.3 is 0 Å². The van der Waals surface area contributed by atoms with Crippen molar-refractivity contribution in [1.29, 1.82) is 5.26 Å². The summed E-state index contributed by atoms with van der Waals surface area (Å²) in [7, 11) is 0. The van der Waals surface area contributed by atoms with Crippen LogP contribution in [0.4, 0.5) is 5.00 Å². The molecule has 0 bridgehead atoms. The molecule has 0 radical (unpaired) electrons. The highest BCUT2D eigenvalue weighted by Gasteiger charge is 2.11. The molecule has 0 aliphatic rings. The molecule has 0 aliphatic heterocycles. The molecule has 0 amide bonds. The van der Waals surface area contributed by atoms with Crippen LogP contribution in [-0.4, -0.2) is 16.8 Å². The van der Waals surface area contributed by atoms with Crippen molar-refractivity contribution in [3.8, 4) is 6.07 Å². The van der Waals surface area contributed by atoms with Crippen LogP contribution in [-0.2, 0) is 0 Å². The normalized spacial score (nSPS) is 10.7. The predicted octanol–water partition coefficient (Wildman–Crippen LogP) is 4.49. The van der Waals surface area contributed by atoms with Gasteiger partial charge in [-0.05, 0) is 29.9 Å². The maximum atomic E-state index is 9.09. The Morgan fingerprint density at radius 3 is 2.95 bits per heavy atom. The second kappa shape index (κ2) is 6.95. The van der Waals surface area contributed by atoms with Gasteiger partial charge >= 0.3 is 0 Å². The number of benzene rings is 1. The highest BCUT2D eigenvalue weighted by molar-refractivity contribution is 7.98. The first-order valence-electron chi connectivity index (χ1n) is 5.33. The van der Waals surface area contributed by atoms with Gasteiger partial charge in [0, 0.05) is 10.6 Å². The van der Waals surface area contributed by atoms with Crippen molar-refractivity contribution in [2.45, 2.75) is 5.03 Å². The summed E-state index contributed by atoms with van der Waals surface area (Å²) >= 11 is 14.5. The monoisotopic (exact) mass is 342 g/mol. The topological polar surface area (TPSA) is 61.1 Å². The first kappa shape index (κ1) is 15.1. The lowest BCUT2D eigenvalue weighted by atomic mass is 10.2. The van der Waals surface area contributed by atoms with Gasteiger partial charge in [0.25, 0.3) is 0 Å². The number of nitrogens with zero attached hydrogens (tertiary/aromatic N) is 3. The zero-order chi connectivity index (χ0) is 14.5. The molecule has 0 saturated carbocycles. The van der Waals surface area contributed by atoms with Crippen LogP contribution in [0.5, 0.6) is 0 Å². The molecule has 1 heterocycles. The molecule has 2 aromatic rings. The summed E-state index contributed by atoms with van der Waals surface area (Å²) in [5.74, 6) is 0. The van der Waals surface area contributed by atoms with E-state index in [0.29, 0.717) is 25.6 Å². The molecule has 0 atom stereocenters. The molecule has 0 saturated heterocycles. The van der Waals surface area contributed by atoms with E-state index in [0.717, 1.165) is 5.56 Å². The van der Waals surface area contributed by atoms with Crippen molar-refractivity contribution in [1.82, 2.24) is 4.37 Å². The molecule has 102 valence electrons. The van der Waals surface area contributed by atoms with Gasteiger partial charge in [0.1, 0.15) is 21.7 Å². The summed E-state index contributed by atoms with van der Waals surface area (Å²) < 4.78 is 4.16. The third kappa shape index (κ3) is 3.44. The summed E-state index contributed by atoms with van der Waals surface area (Å²) in [4.78, 5) is 0. The number of hydrazone groups is 1. The van der Waals surface area contributed by atoms with E-state index < -0.39 is 0 Å². The van der Waals surface area contributed by atoms with Gasteiger partial charge in [-0.1, -0.05) is 29.3 Å².